The van der Waals surface area contributed by atoms with Crippen molar-refractivity contribution in [3.63, 3.8) is 0 Å². The molecule has 0 saturated carbocycles. The van der Waals surface area contributed by atoms with Crippen LogP contribution in [0.1, 0.15) is 18.5 Å². The molecule has 0 aliphatic carbocycles. The number of fused-ring (bicyclic) bond motifs is 1. The number of aromatic nitrogens is 1. The number of piperidine rings is 1. The third kappa shape index (κ3) is 6.93. The van der Waals surface area contributed by atoms with Crippen molar-refractivity contribution >= 4 is 38.1 Å². The quantitative estimate of drug-likeness (QED) is 0.191. The fourth-order valence-electron chi connectivity index (χ4n) is 4.67. The minimum atomic E-state index is -4.45. The van der Waals surface area contributed by atoms with Gasteiger partial charge in [0.05, 0.1) is 35.4 Å². The van der Waals surface area contributed by atoms with E-state index < -0.39 is 22.6 Å². The van der Waals surface area contributed by atoms with Crippen LogP contribution in [0.25, 0.3) is 10.9 Å². The number of alkyl halides is 3. The van der Waals surface area contributed by atoms with Gasteiger partial charge in [0.1, 0.15) is 12.3 Å². The Morgan fingerprint density at radius 2 is 1.90 bits per heavy atom. The molecule has 0 atom stereocenters. The lowest BCUT2D eigenvalue weighted by molar-refractivity contribution is -0.140. The van der Waals surface area contributed by atoms with Gasteiger partial charge >= 0.3 is 6.18 Å². The first kappa shape index (κ1) is 28.9. The van der Waals surface area contributed by atoms with Crippen LogP contribution in [0, 0.1) is 17.3 Å². The minimum absolute atomic E-state index is 0.0341. The number of nitrogens with two attached hydrogens (primary N) is 1. The monoisotopic (exact) mass is 576 g/mol. The number of nitrogens with one attached hydrogen (secondary N) is 3. The molecule has 40 heavy (non-hydrogen) atoms. The maximum absolute atomic E-state index is 13.5. The van der Waals surface area contributed by atoms with E-state index in [9.17, 15) is 21.6 Å². The number of rotatable bonds is 7. The Labute approximate surface area is 230 Å². The Bertz CT molecular complexity index is 1570. The van der Waals surface area contributed by atoms with Crippen LogP contribution in [0.4, 0.5) is 24.5 Å². The summed E-state index contributed by atoms with van der Waals surface area (Å²) in [5.74, 6) is 6.07. The van der Waals surface area contributed by atoms with Gasteiger partial charge in [-0.2, -0.15) is 13.2 Å². The molecule has 1 saturated heterocycles. The first-order chi connectivity index (χ1) is 18.9. The number of ether oxygens (including phenoxy) is 1. The highest BCUT2D eigenvalue weighted by atomic mass is 32.2. The van der Waals surface area contributed by atoms with Crippen molar-refractivity contribution in [3.8, 4) is 17.6 Å². The smallest absolute Gasteiger partial charge is 0.406 e. The molecule has 4 rings (SSSR count). The summed E-state index contributed by atoms with van der Waals surface area (Å²) in [7, 11) is -2.01. The van der Waals surface area contributed by atoms with Crippen molar-refractivity contribution in [1.82, 2.24) is 9.47 Å². The zero-order chi connectivity index (χ0) is 29.1. The van der Waals surface area contributed by atoms with Crippen LogP contribution >= 0.6 is 0 Å². The summed E-state index contributed by atoms with van der Waals surface area (Å²) in [5.41, 5.74) is 7.43. The fraction of sp³-hybridized carbons (Fsp3) is 0.370. The molecule has 0 spiro atoms. The van der Waals surface area contributed by atoms with Crippen molar-refractivity contribution in [2.75, 3.05) is 43.6 Å². The number of nitrogens with zero attached hydrogens (tertiary/aromatic N) is 2. The van der Waals surface area contributed by atoms with E-state index in [1.807, 2.05) is 6.07 Å². The van der Waals surface area contributed by atoms with Gasteiger partial charge in [0.2, 0.25) is 0 Å². The molecule has 0 unspecified atom stereocenters. The molecule has 3 aromatic rings. The second-order valence-electron chi connectivity index (χ2n) is 9.55. The number of likely N-dealkylation sites (tertiary alicyclic amines) is 1. The van der Waals surface area contributed by atoms with Crippen LogP contribution in [0.2, 0.25) is 0 Å². The van der Waals surface area contributed by atoms with Gasteiger partial charge < -0.3 is 30.6 Å². The van der Waals surface area contributed by atoms with E-state index in [4.69, 9.17) is 15.9 Å². The zero-order valence-corrected chi connectivity index (χ0v) is 22.9. The van der Waals surface area contributed by atoms with Gasteiger partial charge in [0, 0.05) is 42.5 Å². The van der Waals surface area contributed by atoms with Crippen LogP contribution < -0.4 is 21.1 Å². The van der Waals surface area contributed by atoms with Crippen molar-refractivity contribution in [1.29, 1.82) is 5.41 Å². The Balaban J connectivity index is 1.57. The van der Waals surface area contributed by atoms with Crippen LogP contribution in [-0.4, -0.2) is 69.1 Å². The second-order valence-corrected chi connectivity index (χ2v) is 11.6. The lowest BCUT2D eigenvalue weighted by Crippen LogP contribution is -2.45. The van der Waals surface area contributed by atoms with Gasteiger partial charge in [-0.15, -0.1) is 0 Å². The molecule has 214 valence electrons. The molecule has 2 aromatic carbocycles. The number of halogens is 3. The maximum atomic E-state index is 13.5. The van der Waals surface area contributed by atoms with Crippen LogP contribution in [0.3, 0.4) is 0 Å². The first-order valence-electron chi connectivity index (χ1n) is 12.5. The standard InChI is InChI=1S/C27H31F3N6O3S/c1-39-25-16-20(40(2,37)38)8-9-23(25)33-12-4-5-19-15-21-22(34-18-10-13-35(14-11-18)26(31)32)6-3-7-24(21)36(19)17-27(28,29)30/h3,6-9,15-16,18,33-34H,10-14,17H2,1-2H3,(H3,31,32). The van der Waals surface area contributed by atoms with E-state index in [1.54, 1.807) is 29.2 Å². The number of benzene rings is 2. The molecule has 0 radical (unpaired) electrons. The van der Waals surface area contributed by atoms with Gasteiger partial charge in [0.15, 0.2) is 15.8 Å². The average Bonchev–Trinajstić information content (AvgIpc) is 3.23. The fourth-order valence-corrected chi connectivity index (χ4v) is 5.31. The lowest BCUT2D eigenvalue weighted by Gasteiger charge is -2.33. The Morgan fingerprint density at radius 1 is 1.18 bits per heavy atom. The number of sulfone groups is 1. The van der Waals surface area contributed by atoms with E-state index in [2.05, 4.69) is 22.5 Å². The molecule has 13 heteroatoms. The van der Waals surface area contributed by atoms with E-state index >= 15 is 0 Å². The largest absolute Gasteiger partial charge is 0.495 e. The summed E-state index contributed by atoms with van der Waals surface area (Å²) in [6, 6.07) is 11.3. The molecule has 1 fully saturated rings. The molecule has 1 aliphatic rings. The molecule has 1 aliphatic heterocycles. The van der Waals surface area contributed by atoms with Crippen molar-refractivity contribution in [2.24, 2.45) is 5.73 Å². The van der Waals surface area contributed by atoms with Crippen LogP contribution in [0.15, 0.2) is 47.4 Å². The molecule has 0 amide bonds. The molecular weight excluding hydrogens is 545 g/mol. The average molecular weight is 577 g/mol. The van der Waals surface area contributed by atoms with Crippen molar-refractivity contribution < 1.29 is 26.3 Å². The maximum Gasteiger partial charge on any atom is 0.406 e. The van der Waals surface area contributed by atoms with Crippen molar-refractivity contribution in [3.05, 3.63) is 48.2 Å². The van der Waals surface area contributed by atoms with Crippen LogP contribution in [-0.2, 0) is 16.4 Å². The number of guanidine groups is 1. The number of anilines is 2. The first-order valence-corrected chi connectivity index (χ1v) is 14.4. The highest BCUT2D eigenvalue weighted by molar-refractivity contribution is 7.90. The summed E-state index contributed by atoms with van der Waals surface area (Å²) >= 11 is 0. The van der Waals surface area contributed by atoms with E-state index in [-0.39, 0.29) is 29.1 Å². The topological polar surface area (TPSA) is 125 Å². The van der Waals surface area contributed by atoms with E-state index in [0.29, 0.717) is 35.4 Å². The Hall–Kier alpha value is -4.05. The van der Waals surface area contributed by atoms with Gasteiger partial charge in [-0.1, -0.05) is 12.0 Å². The number of hydrogen-bond donors (Lipinski definition) is 4. The van der Waals surface area contributed by atoms with Gasteiger partial charge in [-0.25, -0.2) is 8.42 Å². The van der Waals surface area contributed by atoms with E-state index in [1.165, 1.54) is 19.2 Å². The number of methoxy groups -OCH3 is 1. The third-order valence-electron chi connectivity index (χ3n) is 6.66. The van der Waals surface area contributed by atoms with Crippen LogP contribution in [0.5, 0.6) is 5.75 Å². The predicted molar refractivity (Wildman–Crippen MR) is 150 cm³/mol. The lowest BCUT2D eigenvalue weighted by atomic mass is 10.0. The summed E-state index contributed by atoms with van der Waals surface area (Å²) in [4.78, 5) is 1.89. The van der Waals surface area contributed by atoms with Gasteiger partial charge in [-0.05, 0) is 49.1 Å². The van der Waals surface area contributed by atoms with Gasteiger partial charge in [-0.3, -0.25) is 5.41 Å². The minimum Gasteiger partial charge on any atom is -0.495 e. The molecule has 1 aromatic heterocycles. The molecule has 0 bridgehead atoms. The number of hydrogen-bond acceptors (Lipinski definition) is 6. The Kier molecular flexibility index (Phi) is 8.39. The zero-order valence-electron chi connectivity index (χ0n) is 22.1. The van der Waals surface area contributed by atoms with E-state index in [0.717, 1.165) is 29.4 Å². The Morgan fingerprint density at radius 3 is 2.52 bits per heavy atom. The summed E-state index contributed by atoms with van der Waals surface area (Å²) in [5, 5.41) is 14.7. The summed E-state index contributed by atoms with van der Waals surface area (Å²) in [6.45, 7) is 0.157. The van der Waals surface area contributed by atoms with Crippen molar-refractivity contribution in [2.45, 2.75) is 36.5 Å². The SMILES string of the molecule is COc1cc(S(C)(=O)=O)ccc1NCC#Cc1cc2c(NC3CCN(C(=N)N)CC3)cccc2n1CC(F)(F)F. The van der Waals surface area contributed by atoms with Gasteiger partial charge in [0.25, 0.3) is 0 Å². The third-order valence-corrected chi connectivity index (χ3v) is 7.77. The molecule has 2 heterocycles. The normalized spacial score (nSPS) is 14.5. The highest BCUT2D eigenvalue weighted by Crippen LogP contribution is 2.31. The highest BCUT2D eigenvalue weighted by Gasteiger charge is 2.30. The molecular formula is C27H31F3N6O3S. The second kappa shape index (κ2) is 11.6. The predicted octanol–water partition coefficient (Wildman–Crippen LogP) is 3.85. The summed E-state index contributed by atoms with van der Waals surface area (Å²) in [6.07, 6.45) is -1.87. The summed E-state index contributed by atoms with van der Waals surface area (Å²) < 4.78 is 70.6. The molecule has 9 nitrogen and oxygen atoms in total. The molecule has 5 N–H and O–H groups in total.